The maximum atomic E-state index is 13.0. The highest BCUT2D eigenvalue weighted by Gasteiger charge is 2.32. The van der Waals surface area contributed by atoms with E-state index in [4.69, 9.17) is 5.11 Å². The Labute approximate surface area is 160 Å². The molecule has 2 aromatic rings. The molecular formula is C20H24N2O4S. The van der Waals surface area contributed by atoms with Crippen LogP contribution in [0, 0.1) is 6.92 Å². The van der Waals surface area contributed by atoms with Gasteiger partial charge in [-0.1, -0.05) is 30.3 Å². The standard InChI is InChI=1S/C20H24N2O4S/c1-15-12-18(8-9-19(15)20(23)24)27(25,26)22-11-10-21(16(2)13-22)14-17-6-4-3-5-7-17/h3-9,12,16H,10-11,13-14H2,1-2H3,(H,23,24). The van der Waals surface area contributed by atoms with E-state index < -0.39 is 16.0 Å². The lowest BCUT2D eigenvalue weighted by Crippen LogP contribution is -2.53. The summed E-state index contributed by atoms with van der Waals surface area (Å²) in [7, 11) is -3.64. The minimum absolute atomic E-state index is 0.0909. The summed E-state index contributed by atoms with van der Waals surface area (Å²) in [6, 6.07) is 14.4. The summed E-state index contributed by atoms with van der Waals surface area (Å²) in [5, 5.41) is 9.13. The second kappa shape index (κ2) is 7.80. The van der Waals surface area contributed by atoms with E-state index in [9.17, 15) is 13.2 Å². The molecule has 1 atom stereocenters. The summed E-state index contributed by atoms with van der Waals surface area (Å²) in [5.74, 6) is -1.06. The van der Waals surface area contributed by atoms with E-state index in [1.165, 1.54) is 28.1 Å². The normalized spacial score (nSPS) is 19.1. The first-order valence-corrected chi connectivity index (χ1v) is 10.3. The molecule has 0 saturated carbocycles. The van der Waals surface area contributed by atoms with Crippen LogP contribution in [0.4, 0.5) is 0 Å². The molecule has 1 unspecified atom stereocenters. The Kier molecular flexibility index (Phi) is 5.64. The Balaban J connectivity index is 1.74. The number of sulfonamides is 1. The molecule has 0 bridgehead atoms. The van der Waals surface area contributed by atoms with Crippen LogP contribution in [-0.2, 0) is 16.6 Å². The first kappa shape index (κ1) is 19.5. The minimum atomic E-state index is -3.64. The van der Waals surface area contributed by atoms with Gasteiger partial charge in [-0.25, -0.2) is 13.2 Å². The molecule has 1 aliphatic rings. The largest absolute Gasteiger partial charge is 0.478 e. The van der Waals surface area contributed by atoms with Gasteiger partial charge in [-0.15, -0.1) is 0 Å². The third-order valence-electron chi connectivity index (χ3n) is 5.02. The van der Waals surface area contributed by atoms with Gasteiger partial charge in [0, 0.05) is 32.2 Å². The fourth-order valence-electron chi connectivity index (χ4n) is 3.42. The van der Waals surface area contributed by atoms with Crippen molar-refractivity contribution in [3.8, 4) is 0 Å². The molecule has 1 heterocycles. The summed E-state index contributed by atoms with van der Waals surface area (Å²) in [4.78, 5) is 13.6. The predicted molar refractivity (Wildman–Crippen MR) is 103 cm³/mol. The van der Waals surface area contributed by atoms with E-state index in [1.54, 1.807) is 6.92 Å². The zero-order valence-electron chi connectivity index (χ0n) is 15.5. The second-order valence-corrected chi connectivity index (χ2v) is 8.89. The molecule has 1 fully saturated rings. The third kappa shape index (κ3) is 4.21. The lowest BCUT2D eigenvalue weighted by atomic mass is 10.1. The van der Waals surface area contributed by atoms with Crippen LogP contribution in [0.3, 0.4) is 0 Å². The van der Waals surface area contributed by atoms with Crippen molar-refractivity contribution < 1.29 is 18.3 Å². The Bertz CT molecular complexity index is 928. The van der Waals surface area contributed by atoms with Gasteiger partial charge in [0.15, 0.2) is 0 Å². The first-order chi connectivity index (χ1) is 12.8. The number of carbonyl (C=O) groups is 1. The van der Waals surface area contributed by atoms with Crippen LogP contribution in [0.5, 0.6) is 0 Å². The number of benzene rings is 2. The van der Waals surface area contributed by atoms with Crippen molar-refractivity contribution in [1.29, 1.82) is 0 Å². The van der Waals surface area contributed by atoms with Crippen molar-refractivity contribution >= 4 is 16.0 Å². The Morgan fingerprint density at radius 3 is 2.44 bits per heavy atom. The Morgan fingerprint density at radius 1 is 1.15 bits per heavy atom. The second-order valence-electron chi connectivity index (χ2n) is 6.95. The summed E-state index contributed by atoms with van der Waals surface area (Å²) in [6.45, 7) is 5.92. The Hall–Kier alpha value is -2.22. The number of aromatic carboxylic acids is 1. The number of rotatable bonds is 5. The van der Waals surface area contributed by atoms with E-state index in [1.807, 2.05) is 25.1 Å². The molecule has 1 saturated heterocycles. The number of carboxylic acids is 1. The monoisotopic (exact) mass is 388 g/mol. The van der Waals surface area contributed by atoms with Crippen molar-refractivity contribution in [3.05, 3.63) is 65.2 Å². The molecule has 144 valence electrons. The van der Waals surface area contributed by atoms with Crippen molar-refractivity contribution in [2.75, 3.05) is 19.6 Å². The van der Waals surface area contributed by atoms with Crippen LogP contribution >= 0.6 is 0 Å². The van der Waals surface area contributed by atoms with Crippen LogP contribution in [0.2, 0.25) is 0 Å². The van der Waals surface area contributed by atoms with E-state index in [2.05, 4.69) is 17.0 Å². The maximum absolute atomic E-state index is 13.0. The molecular weight excluding hydrogens is 364 g/mol. The van der Waals surface area contributed by atoms with Crippen molar-refractivity contribution in [3.63, 3.8) is 0 Å². The first-order valence-electron chi connectivity index (χ1n) is 8.91. The van der Waals surface area contributed by atoms with Crippen LogP contribution in [0.25, 0.3) is 0 Å². The van der Waals surface area contributed by atoms with Crippen molar-refractivity contribution in [2.24, 2.45) is 0 Å². The van der Waals surface area contributed by atoms with Crippen LogP contribution in [0.1, 0.15) is 28.4 Å². The van der Waals surface area contributed by atoms with Gasteiger partial charge in [0.05, 0.1) is 10.5 Å². The number of hydrogen-bond acceptors (Lipinski definition) is 4. The summed E-state index contributed by atoms with van der Waals surface area (Å²) < 4.78 is 27.5. The molecule has 1 aliphatic heterocycles. The minimum Gasteiger partial charge on any atom is -0.478 e. The lowest BCUT2D eigenvalue weighted by Gasteiger charge is -2.39. The SMILES string of the molecule is Cc1cc(S(=O)(=O)N2CCN(Cc3ccccc3)C(C)C2)ccc1C(=O)O. The van der Waals surface area contributed by atoms with E-state index in [-0.39, 0.29) is 16.5 Å². The maximum Gasteiger partial charge on any atom is 0.335 e. The highest BCUT2D eigenvalue weighted by atomic mass is 32.2. The van der Waals surface area contributed by atoms with Gasteiger partial charge in [0.25, 0.3) is 0 Å². The number of nitrogens with zero attached hydrogens (tertiary/aromatic N) is 2. The van der Waals surface area contributed by atoms with Crippen molar-refractivity contribution in [1.82, 2.24) is 9.21 Å². The molecule has 0 amide bonds. The molecule has 1 N–H and O–H groups in total. The van der Waals surface area contributed by atoms with Gasteiger partial charge in [-0.05, 0) is 43.2 Å². The van der Waals surface area contributed by atoms with E-state index in [0.717, 1.165) is 6.54 Å². The van der Waals surface area contributed by atoms with Crippen LogP contribution < -0.4 is 0 Å². The number of piperazine rings is 1. The fourth-order valence-corrected chi connectivity index (χ4v) is 5.02. The van der Waals surface area contributed by atoms with Gasteiger partial charge in [-0.3, -0.25) is 4.90 Å². The van der Waals surface area contributed by atoms with Gasteiger partial charge in [0.2, 0.25) is 10.0 Å². The number of aryl methyl sites for hydroxylation is 1. The van der Waals surface area contributed by atoms with Gasteiger partial charge >= 0.3 is 5.97 Å². The van der Waals surface area contributed by atoms with Crippen LogP contribution in [-0.4, -0.2) is 54.4 Å². The molecule has 0 aromatic heterocycles. The summed E-state index contributed by atoms with van der Waals surface area (Å²) in [6.07, 6.45) is 0. The smallest absolute Gasteiger partial charge is 0.335 e. The molecule has 0 spiro atoms. The van der Waals surface area contributed by atoms with Gasteiger partial charge in [0.1, 0.15) is 0 Å². The average molecular weight is 388 g/mol. The molecule has 6 nitrogen and oxygen atoms in total. The van der Waals surface area contributed by atoms with E-state index in [0.29, 0.717) is 25.2 Å². The molecule has 0 aliphatic carbocycles. The molecule has 27 heavy (non-hydrogen) atoms. The Morgan fingerprint density at radius 2 is 1.85 bits per heavy atom. The molecule has 0 radical (unpaired) electrons. The fraction of sp³-hybridized carbons (Fsp3) is 0.350. The topological polar surface area (TPSA) is 77.9 Å². The quantitative estimate of drug-likeness (QED) is 0.852. The molecule has 3 rings (SSSR count). The summed E-state index contributed by atoms with van der Waals surface area (Å²) >= 11 is 0. The summed E-state index contributed by atoms with van der Waals surface area (Å²) in [5.41, 5.74) is 1.77. The van der Waals surface area contributed by atoms with Gasteiger partial charge < -0.3 is 5.11 Å². The highest BCUT2D eigenvalue weighted by molar-refractivity contribution is 7.89. The van der Waals surface area contributed by atoms with Gasteiger partial charge in [-0.2, -0.15) is 4.31 Å². The van der Waals surface area contributed by atoms with Crippen molar-refractivity contribution in [2.45, 2.75) is 31.3 Å². The molecule has 2 aromatic carbocycles. The third-order valence-corrected chi connectivity index (χ3v) is 6.88. The molecule has 7 heteroatoms. The van der Waals surface area contributed by atoms with E-state index >= 15 is 0 Å². The predicted octanol–water partition coefficient (Wildman–Crippen LogP) is 2.59. The number of carboxylic acid groups (broad SMARTS) is 1. The highest BCUT2D eigenvalue weighted by Crippen LogP contribution is 2.23. The average Bonchev–Trinajstić information content (AvgIpc) is 2.63. The number of hydrogen-bond donors (Lipinski definition) is 1. The zero-order chi connectivity index (χ0) is 19.6. The van der Waals surface area contributed by atoms with Crippen LogP contribution in [0.15, 0.2) is 53.4 Å². The zero-order valence-corrected chi connectivity index (χ0v) is 16.3. The lowest BCUT2D eigenvalue weighted by molar-refractivity contribution is 0.0696.